The highest BCUT2D eigenvalue weighted by Gasteiger charge is 1.96. The number of hydrogen-bond donors (Lipinski definition) is 0. The lowest BCUT2D eigenvalue weighted by atomic mass is 10.2. The number of rotatable bonds is 4. The Balaban J connectivity index is 0.000000771. The van der Waals surface area contributed by atoms with Crippen molar-refractivity contribution in [1.82, 2.24) is 0 Å². The molecule has 0 radical (unpaired) electrons. The van der Waals surface area contributed by atoms with Crippen molar-refractivity contribution < 1.29 is 4.74 Å². The first-order chi connectivity index (χ1) is 8.88. The van der Waals surface area contributed by atoms with Gasteiger partial charge in [0.05, 0.1) is 0 Å². The van der Waals surface area contributed by atoms with Gasteiger partial charge < -0.3 is 4.74 Å². The van der Waals surface area contributed by atoms with E-state index in [2.05, 4.69) is 40.2 Å². The summed E-state index contributed by atoms with van der Waals surface area (Å²) < 4.78 is 5.71. The first-order valence-corrected chi connectivity index (χ1v) is 7.32. The highest BCUT2D eigenvalue weighted by molar-refractivity contribution is 9.08. The van der Waals surface area contributed by atoms with Gasteiger partial charge in [0.1, 0.15) is 12.4 Å². The summed E-state index contributed by atoms with van der Waals surface area (Å²) in [7, 11) is 0. The molecular formula is C16H19BrO. The van der Waals surface area contributed by atoms with Gasteiger partial charge in [0.15, 0.2) is 0 Å². The molecule has 0 N–H and O–H groups in total. The lowest BCUT2D eigenvalue weighted by Gasteiger charge is -2.07. The predicted molar refractivity (Wildman–Crippen MR) is 81.2 cm³/mol. The Bertz CT molecular complexity index is 440. The van der Waals surface area contributed by atoms with Gasteiger partial charge in [-0.05, 0) is 23.3 Å². The molecule has 0 spiro atoms. The van der Waals surface area contributed by atoms with Crippen molar-refractivity contribution in [2.75, 3.05) is 0 Å². The monoisotopic (exact) mass is 306 g/mol. The number of ether oxygens (including phenoxy) is 1. The largest absolute Gasteiger partial charge is 0.489 e. The van der Waals surface area contributed by atoms with Gasteiger partial charge in [-0.15, -0.1) is 0 Å². The molecule has 0 amide bonds. The van der Waals surface area contributed by atoms with Crippen LogP contribution >= 0.6 is 15.9 Å². The quantitative estimate of drug-likeness (QED) is 0.707. The fraction of sp³-hybridized carbons (Fsp3) is 0.250. The summed E-state index contributed by atoms with van der Waals surface area (Å²) in [4.78, 5) is 0. The first kappa shape index (κ1) is 14.8. The molecule has 2 aromatic carbocycles. The zero-order valence-corrected chi connectivity index (χ0v) is 12.5. The number of benzene rings is 2. The zero-order valence-electron chi connectivity index (χ0n) is 10.9. The second kappa shape index (κ2) is 8.76. The van der Waals surface area contributed by atoms with Gasteiger partial charge in [-0.25, -0.2) is 0 Å². The lowest BCUT2D eigenvalue weighted by molar-refractivity contribution is 0.306. The predicted octanol–water partition coefficient (Wildman–Crippen LogP) is 5.19. The molecule has 2 aromatic rings. The summed E-state index contributed by atoms with van der Waals surface area (Å²) >= 11 is 3.43. The minimum absolute atomic E-state index is 0.618. The minimum atomic E-state index is 0.618. The van der Waals surface area contributed by atoms with E-state index in [1.807, 2.05) is 44.2 Å². The third-order valence-electron chi connectivity index (χ3n) is 2.30. The average Bonchev–Trinajstić information content (AvgIpc) is 2.48. The average molecular weight is 307 g/mol. The molecule has 0 bridgehead atoms. The van der Waals surface area contributed by atoms with Crippen LogP contribution in [0, 0.1) is 0 Å². The van der Waals surface area contributed by atoms with Crippen LogP contribution in [0.5, 0.6) is 5.75 Å². The molecule has 18 heavy (non-hydrogen) atoms. The Labute approximate surface area is 118 Å². The SMILES string of the molecule is BrCc1cccc(OCc2ccccc2)c1.CC. The van der Waals surface area contributed by atoms with Crippen LogP contribution < -0.4 is 4.74 Å². The van der Waals surface area contributed by atoms with Gasteiger partial charge in [-0.1, -0.05) is 72.2 Å². The maximum atomic E-state index is 5.71. The smallest absolute Gasteiger partial charge is 0.120 e. The maximum absolute atomic E-state index is 5.71. The van der Waals surface area contributed by atoms with Gasteiger partial charge in [0.2, 0.25) is 0 Å². The van der Waals surface area contributed by atoms with E-state index in [1.54, 1.807) is 0 Å². The van der Waals surface area contributed by atoms with Crippen molar-refractivity contribution in [2.24, 2.45) is 0 Å². The third kappa shape index (κ3) is 4.92. The highest BCUT2D eigenvalue weighted by atomic mass is 79.9. The van der Waals surface area contributed by atoms with Gasteiger partial charge in [0.25, 0.3) is 0 Å². The van der Waals surface area contributed by atoms with Gasteiger partial charge >= 0.3 is 0 Å². The van der Waals surface area contributed by atoms with E-state index < -0.39 is 0 Å². The van der Waals surface area contributed by atoms with E-state index in [1.165, 1.54) is 11.1 Å². The van der Waals surface area contributed by atoms with Crippen molar-refractivity contribution in [1.29, 1.82) is 0 Å². The van der Waals surface area contributed by atoms with E-state index in [0.717, 1.165) is 11.1 Å². The zero-order chi connectivity index (χ0) is 13.2. The fourth-order valence-electron chi connectivity index (χ4n) is 1.46. The molecule has 2 rings (SSSR count). The molecule has 0 fully saturated rings. The summed E-state index contributed by atoms with van der Waals surface area (Å²) in [6.45, 7) is 4.62. The molecule has 0 saturated carbocycles. The minimum Gasteiger partial charge on any atom is -0.489 e. The van der Waals surface area contributed by atoms with Crippen molar-refractivity contribution in [3.05, 3.63) is 65.7 Å². The normalized spacial score (nSPS) is 9.28. The third-order valence-corrected chi connectivity index (χ3v) is 2.95. The Kier molecular flexibility index (Phi) is 7.19. The number of halogens is 1. The summed E-state index contributed by atoms with van der Waals surface area (Å²) in [6.07, 6.45) is 0. The van der Waals surface area contributed by atoms with Gasteiger partial charge in [0, 0.05) is 5.33 Å². The standard InChI is InChI=1S/C14H13BrO.C2H6/c15-10-13-7-4-8-14(9-13)16-11-12-5-2-1-3-6-12;1-2/h1-9H,10-11H2;1-2H3. The molecule has 1 nitrogen and oxygen atoms in total. The van der Waals surface area contributed by atoms with Crippen molar-refractivity contribution in [3.63, 3.8) is 0 Å². The van der Waals surface area contributed by atoms with Crippen LogP contribution in [0.4, 0.5) is 0 Å². The summed E-state index contributed by atoms with van der Waals surface area (Å²) in [5.41, 5.74) is 2.41. The summed E-state index contributed by atoms with van der Waals surface area (Å²) in [5.74, 6) is 0.917. The molecule has 0 unspecified atom stereocenters. The molecular weight excluding hydrogens is 288 g/mol. The first-order valence-electron chi connectivity index (χ1n) is 6.20. The van der Waals surface area contributed by atoms with Crippen molar-refractivity contribution in [2.45, 2.75) is 25.8 Å². The van der Waals surface area contributed by atoms with Crippen LogP contribution in [-0.4, -0.2) is 0 Å². The molecule has 0 heterocycles. The Morgan fingerprint density at radius 1 is 0.889 bits per heavy atom. The van der Waals surface area contributed by atoms with E-state index in [9.17, 15) is 0 Å². The van der Waals surface area contributed by atoms with Crippen LogP contribution in [-0.2, 0) is 11.9 Å². The molecule has 2 heteroatoms. The van der Waals surface area contributed by atoms with Gasteiger partial charge in [-0.2, -0.15) is 0 Å². The van der Waals surface area contributed by atoms with Crippen molar-refractivity contribution >= 4 is 15.9 Å². The molecule has 0 aromatic heterocycles. The van der Waals surface area contributed by atoms with Gasteiger partial charge in [-0.3, -0.25) is 0 Å². The Morgan fingerprint density at radius 3 is 2.22 bits per heavy atom. The molecule has 96 valence electrons. The van der Waals surface area contributed by atoms with E-state index >= 15 is 0 Å². The topological polar surface area (TPSA) is 9.23 Å². The van der Waals surface area contributed by atoms with Crippen LogP contribution in [0.3, 0.4) is 0 Å². The summed E-state index contributed by atoms with van der Waals surface area (Å²) in [5, 5.41) is 0.857. The Morgan fingerprint density at radius 2 is 1.56 bits per heavy atom. The maximum Gasteiger partial charge on any atom is 0.120 e. The molecule has 0 saturated heterocycles. The summed E-state index contributed by atoms with van der Waals surface area (Å²) in [6, 6.07) is 18.3. The van der Waals surface area contributed by atoms with E-state index in [0.29, 0.717) is 6.61 Å². The highest BCUT2D eigenvalue weighted by Crippen LogP contribution is 2.16. The molecule has 0 aliphatic rings. The van der Waals surface area contributed by atoms with Crippen molar-refractivity contribution in [3.8, 4) is 5.75 Å². The van der Waals surface area contributed by atoms with Crippen LogP contribution in [0.15, 0.2) is 54.6 Å². The van der Waals surface area contributed by atoms with E-state index in [-0.39, 0.29) is 0 Å². The second-order valence-electron chi connectivity index (χ2n) is 3.56. The fourth-order valence-corrected chi connectivity index (χ4v) is 1.81. The molecule has 0 aliphatic heterocycles. The molecule has 0 atom stereocenters. The van der Waals surface area contributed by atoms with Crippen LogP contribution in [0.2, 0.25) is 0 Å². The Hall–Kier alpha value is -1.28. The van der Waals surface area contributed by atoms with Crippen LogP contribution in [0.1, 0.15) is 25.0 Å². The molecule has 0 aliphatic carbocycles. The number of alkyl halides is 1. The second-order valence-corrected chi connectivity index (χ2v) is 4.12. The number of hydrogen-bond acceptors (Lipinski definition) is 1. The van der Waals surface area contributed by atoms with E-state index in [4.69, 9.17) is 4.74 Å². The van der Waals surface area contributed by atoms with Crippen LogP contribution in [0.25, 0.3) is 0 Å². The lowest BCUT2D eigenvalue weighted by Crippen LogP contribution is -1.95.